The third-order valence-corrected chi connectivity index (χ3v) is 4.08. The minimum Gasteiger partial charge on any atom is -0.329 e. The average molecular weight is 232 g/mol. The summed E-state index contributed by atoms with van der Waals surface area (Å²) in [5.41, 5.74) is 8.94. The normalized spacial score (nSPS) is 20.6. The highest BCUT2D eigenvalue weighted by Crippen LogP contribution is 2.26. The van der Waals surface area contributed by atoms with E-state index in [1.165, 1.54) is 24.0 Å². The summed E-state index contributed by atoms with van der Waals surface area (Å²) in [5, 5.41) is 0. The lowest BCUT2D eigenvalue weighted by atomic mass is 9.91. The number of hydrogen-bond donors (Lipinski definition) is 1. The van der Waals surface area contributed by atoms with Crippen molar-refractivity contribution in [2.24, 2.45) is 5.73 Å². The van der Waals surface area contributed by atoms with Gasteiger partial charge in [-0.2, -0.15) is 0 Å². The third kappa shape index (κ3) is 2.53. The summed E-state index contributed by atoms with van der Waals surface area (Å²) in [7, 11) is 0. The van der Waals surface area contributed by atoms with Gasteiger partial charge in [-0.1, -0.05) is 38.1 Å². The molecular formula is C15H24N2. The molecule has 0 bridgehead atoms. The Labute approximate surface area is 105 Å². The Hall–Kier alpha value is -0.860. The molecule has 0 spiro atoms. The maximum absolute atomic E-state index is 5.96. The average Bonchev–Trinajstić information content (AvgIpc) is 2.39. The van der Waals surface area contributed by atoms with Crippen molar-refractivity contribution in [1.82, 2.24) is 4.90 Å². The van der Waals surface area contributed by atoms with Crippen molar-refractivity contribution in [2.75, 3.05) is 6.54 Å². The van der Waals surface area contributed by atoms with Gasteiger partial charge in [0.2, 0.25) is 0 Å². The lowest BCUT2D eigenvalue weighted by molar-refractivity contribution is 0.108. The van der Waals surface area contributed by atoms with Crippen LogP contribution in [0, 0.1) is 0 Å². The van der Waals surface area contributed by atoms with Gasteiger partial charge < -0.3 is 5.73 Å². The zero-order chi connectivity index (χ0) is 12.3. The molecule has 0 amide bonds. The lowest BCUT2D eigenvalue weighted by Gasteiger charge is -2.41. The van der Waals surface area contributed by atoms with Crippen LogP contribution in [0.25, 0.3) is 0 Å². The summed E-state index contributed by atoms with van der Waals surface area (Å²) in [6.07, 6.45) is 3.55. The number of benzene rings is 1. The van der Waals surface area contributed by atoms with Gasteiger partial charge in [-0.15, -0.1) is 0 Å². The quantitative estimate of drug-likeness (QED) is 0.864. The summed E-state index contributed by atoms with van der Waals surface area (Å²) >= 11 is 0. The molecule has 2 nitrogen and oxygen atoms in total. The molecule has 0 aliphatic carbocycles. The predicted molar refractivity (Wildman–Crippen MR) is 72.9 cm³/mol. The minimum absolute atomic E-state index is 0.523. The zero-order valence-electron chi connectivity index (χ0n) is 11.0. The zero-order valence-corrected chi connectivity index (χ0v) is 11.0. The van der Waals surface area contributed by atoms with Crippen LogP contribution in [-0.4, -0.2) is 23.5 Å². The van der Waals surface area contributed by atoms with Crippen molar-refractivity contribution in [3.8, 4) is 0 Å². The van der Waals surface area contributed by atoms with Crippen molar-refractivity contribution in [3.63, 3.8) is 0 Å². The number of nitrogens with two attached hydrogens (primary N) is 1. The number of hydrogen-bond acceptors (Lipinski definition) is 2. The molecule has 0 aromatic heterocycles. The molecule has 94 valence electrons. The van der Waals surface area contributed by atoms with Gasteiger partial charge in [-0.25, -0.2) is 0 Å². The molecule has 1 aliphatic heterocycles. The molecule has 2 rings (SSSR count). The largest absolute Gasteiger partial charge is 0.329 e. The van der Waals surface area contributed by atoms with Crippen molar-refractivity contribution < 1.29 is 0 Å². The molecule has 0 saturated heterocycles. The molecule has 0 fully saturated rings. The van der Waals surface area contributed by atoms with Gasteiger partial charge in [0.25, 0.3) is 0 Å². The van der Waals surface area contributed by atoms with Gasteiger partial charge in [0.15, 0.2) is 0 Å². The van der Waals surface area contributed by atoms with Crippen LogP contribution >= 0.6 is 0 Å². The van der Waals surface area contributed by atoms with Gasteiger partial charge in [-0.3, -0.25) is 4.90 Å². The Morgan fingerprint density at radius 3 is 2.47 bits per heavy atom. The van der Waals surface area contributed by atoms with Gasteiger partial charge in [0.05, 0.1) is 0 Å². The van der Waals surface area contributed by atoms with Crippen molar-refractivity contribution >= 4 is 0 Å². The lowest BCUT2D eigenvalue weighted by Crippen LogP contribution is -2.49. The van der Waals surface area contributed by atoms with E-state index in [1.807, 2.05) is 0 Å². The van der Waals surface area contributed by atoms with E-state index in [0.29, 0.717) is 12.1 Å². The first-order chi connectivity index (χ1) is 8.30. The maximum Gasteiger partial charge on any atom is 0.0265 e. The smallest absolute Gasteiger partial charge is 0.0265 e. The summed E-state index contributed by atoms with van der Waals surface area (Å²) < 4.78 is 0. The van der Waals surface area contributed by atoms with Crippen LogP contribution in [0.3, 0.4) is 0 Å². The fourth-order valence-electron chi connectivity index (χ4n) is 3.01. The van der Waals surface area contributed by atoms with E-state index >= 15 is 0 Å². The van der Waals surface area contributed by atoms with E-state index in [2.05, 4.69) is 43.0 Å². The highest BCUT2D eigenvalue weighted by Gasteiger charge is 2.28. The van der Waals surface area contributed by atoms with Crippen LogP contribution in [0.2, 0.25) is 0 Å². The SMILES string of the molecule is CCC(CC)N1Cc2ccccc2CC1CN. The third-order valence-electron chi connectivity index (χ3n) is 4.08. The standard InChI is InChI=1S/C15H24N2/c1-3-14(4-2)17-11-13-8-6-5-7-12(13)9-15(17)10-16/h5-8,14-15H,3-4,9-11,16H2,1-2H3. The number of fused-ring (bicyclic) bond motifs is 1. The van der Waals surface area contributed by atoms with E-state index in [0.717, 1.165) is 19.5 Å². The van der Waals surface area contributed by atoms with E-state index in [4.69, 9.17) is 5.73 Å². The number of nitrogens with zero attached hydrogens (tertiary/aromatic N) is 1. The molecule has 2 N–H and O–H groups in total. The molecule has 1 aromatic carbocycles. The highest BCUT2D eigenvalue weighted by molar-refractivity contribution is 5.30. The fraction of sp³-hybridized carbons (Fsp3) is 0.600. The molecule has 0 radical (unpaired) electrons. The molecule has 17 heavy (non-hydrogen) atoms. The first kappa shape index (κ1) is 12.6. The van der Waals surface area contributed by atoms with Crippen molar-refractivity contribution in [3.05, 3.63) is 35.4 Å². The second-order valence-electron chi connectivity index (χ2n) is 5.01. The Morgan fingerprint density at radius 2 is 1.88 bits per heavy atom. The van der Waals surface area contributed by atoms with E-state index < -0.39 is 0 Å². The molecule has 2 heteroatoms. The highest BCUT2D eigenvalue weighted by atomic mass is 15.2. The Bertz CT molecular complexity index is 358. The second kappa shape index (κ2) is 5.65. The van der Waals surface area contributed by atoms with E-state index in [9.17, 15) is 0 Å². The van der Waals surface area contributed by atoms with Gasteiger partial charge in [0.1, 0.15) is 0 Å². The summed E-state index contributed by atoms with van der Waals surface area (Å²) in [5.74, 6) is 0. The summed E-state index contributed by atoms with van der Waals surface area (Å²) in [6, 6.07) is 10.00. The molecule has 0 saturated carbocycles. The van der Waals surface area contributed by atoms with Crippen molar-refractivity contribution in [1.29, 1.82) is 0 Å². The van der Waals surface area contributed by atoms with Gasteiger partial charge >= 0.3 is 0 Å². The van der Waals surface area contributed by atoms with E-state index in [1.54, 1.807) is 0 Å². The Balaban J connectivity index is 2.23. The van der Waals surface area contributed by atoms with Gasteiger partial charge in [-0.05, 0) is 30.4 Å². The Kier molecular flexibility index (Phi) is 4.19. The molecule has 1 aromatic rings. The summed E-state index contributed by atoms with van der Waals surface area (Å²) in [6.45, 7) is 6.40. The first-order valence-corrected chi connectivity index (χ1v) is 6.82. The van der Waals surface area contributed by atoms with Crippen LogP contribution in [-0.2, 0) is 13.0 Å². The van der Waals surface area contributed by atoms with E-state index in [-0.39, 0.29) is 0 Å². The minimum atomic E-state index is 0.523. The monoisotopic (exact) mass is 232 g/mol. The molecule has 1 unspecified atom stereocenters. The predicted octanol–water partition coefficient (Wildman–Crippen LogP) is 2.56. The van der Waals surface area contributed by atoms with Crippen LogP contribution in [0.4, 0.5) is 0 Å². The topological polar surface area (TPSA) is 29.3 Å². The van der Waals surface area contributed by atoms with Crippen LogP contribution < -0.4 is 5.73 Å². The number of rotatable bonds is 4. The maximum atomic E-state index is 5.96. The molecule has 1 aliphatic rings. The van der Waals surface area contributed by atoms with Crippen LogP contribution in [0.5, 0.6) is 0 Å². The van der Waals surface area contributed by atoms with Crippen LogP contribution in [0.15, 0.2) is 24.3 Å². The summed E-state index contributed by atoms with van der Waals surface area (Å²) in [4.78, 5) is 2.61. The Morgan fingerprint density at radius 1 is 1.24 bits per heavy atom. The van der Waals surface area contributed by atoms with Crippen LogP contribution in [0.1, 0.15) is 37.8 Å². The van der Waals surface area contributed by atoms with Gasteiger partial charge in [0, 0.05) is 25.2 Å². The van der Waals surface area contributed by atoms with Crippen molar-refractivity contribution in [2.45, 2.75) is 51.7 Å². The molecule has 1 atom stereocenters. The fourth-order valence-corrected chi connectivity index (χ4v) is 3.01. The first-order valence-electron chi connectivity index (χ1n) is 6.82. The molecular weight excluding hydrogens is 208 g/mol. The molecule has 1 heterocycles. The second-order valence-corrected chi connectivity index (χ2v) is 5.01.